The van der Waals surface area contributed by atoms with E-state index in [0.29, 0.717) is 13.0 Å². The molecule has 25 heavy (non-hydrogen) atoms. The fourth-order valence-electron chi connectivity index (χ4n) is 1.95. The number of hydrogen-bond donors (Lipinski definition) is 3. The van der Waals surface area contributed by atoms with Gasteiger partial charge in [0.15, 0.2) is 0 Å². The molecule has 2 amide bonds. The number of benzene rings is 1. The van der Waals surface area contributed by atoms with Gasteiger partial charge < -0.3 is 20.5 Å². The summed E-state index contributed by atoms with van der Waals surface area (Å²) >= 11 is 0. The lowest BCUT2D eigenvalue weighted by Gasteiger charge is -2.19. The number of nitrogens with one attached hydrogen (secondary N) is 2. The van der Waals surface area contributed by atoms with E-state index in [1.54, 1.807) is 20.8 Å². The number of alkyl carbamates (subject to hydrolysis) is 1. The highest BCUT2D eigenvalue weighted by Crippen LogP contribution is 2.09. The van der Waals surface area contributed by atoms with Crippen LogP contribution in [0.1, 0.15) is 45.2 Å². The van der Waals surface area contributed by atoms with Crippen LogP contribution in [0.25, 0.3) is 0 Å². The summed E-state index contributed by atoms with van der Waals surface area (Å²) in [7, 11) is 0. The normalized spacial score (nSPS) is 12.2. The van der Waals surface area contributed by atoms with Crippen molar-refractivity contribution in [2.75, 3.05) is 0 Å². The minimum Gasteiger partial charge on any atom is -0.480 e. The summed E-state index contributed by atoms with van der Waals surface area (Å²) < 4.78 is 5.16. The van der Waals surface area contributed by atoms with Gasteiger partial charge in [-0.3, -0.25) is 9.59 Å². The summed E-state index contributed by atoms with van der Waals surface area (Å²) in [5, 5.41) is 13.8. The van der Waals surface area contributed by atoms with Crippen LogP contribution in [0.2, 0.25) is 0 Å². The molecule has 0 aliphatic heterocycles. The Morgan fingerprint density at radius 2 is 1.68 bits per heavy atom. The average Bonchev–Trinajstić information content (AvgIpc) is 2.50. The second-order valence-corrected chi connectivity index (χ2v) is 6.80. The van der Waals surface area contributed by atoms with Crippen molar-refractivity contribution in [3.8, 4) is 0 Å². The van der Waals surface area contributed by atoms with Gasteiger partial charge in [0.2, 0.25) is 5.91 Å². The highest BCUT2D eigenvalue weighted by molar-refractivity contribution is 5.83. The van der Waals surface area contributed by atoms with Crippen molar-refractivity contribution in [2.24, 2.45) is 0 Å². The van der Waals surface area contributed by atoms with Crippen molar-refractivity contribution in [3.05, 3.63) is 35.4 Å². The summed E-state index contributed by atoms with van der Waals surface area (Å²) in [6.07, 6.45) is 0.256. The molecular weight excluding hydrogens is 324 g/mol. The van der Waals surface area contributed by atoms with Crippen molar-refractivity contribution >= 4 is 18.0 Å². The van der Waals surface area contributed by atoms with Crippen LogP contribution < -0.4 is 10.6 Å². The van der Waals surface area contributed by atoms with Crippen LogP contribution >= 0.6 is 0 Å². The minimum absolute atomic E-state index is 0.215. The summed E-state index contributed by atoms with van der Waals surface area (Å²) in [5.74, 6) is -1.36. The fourth-order valence-corrected chi connectivity index (χ4v) is 1.95. The second kappa shape index (κ2) is 9.05. The third-order valence-electron chi connectivity index (χ3n) is 3.25. The molecule has 1 aromatic carbocycles. The van der Waals surface area contributed by atoms with Gasteiger partial charge >= 0.3 is 12.1 Å². The van der Waals surface area contributed by atoms with Crippen LogP contribution in [-0.4, -0.2) is 34.7 Å². The zero-order valence-corrected chi connectivity index (χ0v) is 15.1. The molecule has 7 heteroatoms. The summed E-state index contributed by atoms with van der Waals surface area (Å²) in [6, 6.07) is 6.59. The summed E-state index contributed by atoms with van der Waals surface area (Å²) in [5.41, 5.74) is 1.34. The summed E-state index contributed by atoms with van der Waals surface area (Å²) in [4.78, 5) is 33.9. The minimum atomic E-state index is -1.06. The van der Waals surface area contributed by atoms with Crippen molar-refractivity contribution in [2.45, 2.75) is 58.7 Å². The molecule has 3 N–H and O–H groups in total. The van der Waals surface area contributed by atoms with Crippen LogP contribution in [0, 0.1) is 0 Å². The lowest BCUT2D eigenvalue weighted by molar-refractivity contribution is -0.141. The standard InChI is InChI=1S/C18H26N2O5/c1-12(16(22)23)20-15(21)10-9-13-5-7-14(8-6-13)11-19-17(24)25-18(2,3)4/h5-8,12H,9-11H2,1-4H3,(H,19,24)(H,20,21)(H,22,23). The molecule has 0 saturated heterocycles. The van der Waals surface area contributed by atoms with Gasteiger partial charge in [-0.2, -0.15) is 0 Å². The first-order chi connectivity index (χ1) is 11.6. The van der Waals surface area contributed by atoms with Gasteiger partial charge in [-0.1, -0.05) is 24.3 Å². The smallest absolute Gasteiger partial charge is 0.407 e. The van der Waals surface area contributed by atoms with Crippen LogP contribution in [0.3, 0.4) is 0 Å². The van der Waals surface area contributed by atoms with Gasteiger partial charge in [0.1, 0.15) is 11.6 Å². The molecule has 0 radical (unpaired) electrons. The molecular formula is C18H26N2O5. The quantitative estimate of drug-likeness (QED) is 0.699. The van der Waals surface area contributed by atoms with E-state index < -0.39 is 23.7 Å². The number of ether oxygens (including phenoxy) is 1. The van der Waals surface area contributed by atoms with E-state index in [2.05, 4.69) is 10.6 Å². The number of carboxylic acid groups (broad SMARTS) is 1. The monoisotopic (exact) mass is 350 g/mol. The van der Waals surface area contributed by atoms with Crippen LogP contribution in [0.15, 0.2) is 24.3 Å². The maximum atomic E-state index is 11.7. The van der Waals surface area contributed by atoms with E-state index in [1.165, 1.54) is 6.92 Å². The van der Waals surface area contributed by atoms with Gasteiger partial charge in [0, 0.05) is 13.0 Å². The number of rotatable bonds is 7. The third kappa shape index (κ3) is 8.74. The van der Waals surface area contributed by atoms with Gasteiger partial charge in [0.05, 0.1) is 0 Å². The van der Waals surface area contributed by atoms with Gasteiger partial charge in [-0.15, -0.1) is 0 Å². The van der Waals surface area contributed by atoms with E-state index >= 15 is 0 Å². The average molecular weight is 350 g/mol. The molecule has 0 saturated carbocycles. The molecule has 1 aromatic rings. The molecule has 0 aromatic heterocycles. The Labute approximate surface area is 147 Å². The molecule has 1 rings (SSSR count). The Morgan fingerprint density at radius 3 is 2.20 bits per heavy atom. The Balaban J connectivity index is 2.40. The maximum Gasteiger partial charge on any atom is 0.407 e. The Morgan fingerprint density at radius 1 is 1.12 bits per heavy atom. The van der Waals surface area contributed by atoms with Crippen molar-refractivity contribution in [1.29, 1.82) is 0 Å². The van der Waals surface area contributed by atoms with Crippen molar-refractivity contribution < 1.29 is 24.2 Å². The van der Waals surface area contributed by atoms with Crippen LogP contribution in [0.4, 0.5) is 4.79 Å². The third-order valence-corrected chi connectivity index (χ3v) is 3.25. The molecule has 0 heterocycles. The first-order valence-corrected chi connectivity index (χ1v) is 8.13. The largest absolute Gasteiger partial charge is 0.480 e. The van der Waals surface area contributed by atoms with E-state index in [0.717, 1.165) is 11.1 Å². The number of carboxylic acids is 1. The molecule has 0 spiro atoms. The zero-order valence-electron chi connectivity index (χ0n) is 15.1. The number of aliphatic carboxylic acids is 1. The number of aryl methyl sites for hydroxylation is 1. The first kappa shape index (κ1) is 20.5. The molecule has 0 fully saturated rings. The zero-order chi connectivity index (χ0) is 19.0. The Bertz CT molecular complexity index is 605. The van der Waals surface area contributed by atoms with E-state index in [9.17, 15) is 14.4 Å². The van der Waals surface area contributed by atoms with E-state index in [-0.39, 0.29) is 12.3 Å². The topological polar surface area (TPSA) is 105 Å². The highest BCUT2D eigenvalue weighted by atomic mass is 16.6. The highest BCUT2D eigenvalue weighted by Gasteiger charge is 2.16. The predicted octanol–water partition coefficient (Wildman–Crippen LogP) is 2.23. The van der Waals surface area contributed by atoms with Crippen molar-refractivity contribution in [1.82, 2.24) is 10.6 Å². The van der Waals surface area contributed by atoms with Crippen LogP contribution in [-0.2, 0) is 27.3 Å². The Kier molecular flexibility index (Phi) is 7.42. The predicted molar refractivity (Wildman–Crippen MR) is 93.1 cm³/mol. The lowest BCUT2D eigenvalue weighted by Crippen LogP contribution is -2.38. The lowest BCUT2D eigenvalue weighted by atomic mass is 10.1. The molecule has 138 valence electrons. The van der Waals surface area contributed by atoms with E-state index in [1.807, 2.05) is 24.3 Å². The van der Waals surface area contributed by atoms with Gasteiger partial charge in [-0.05, 0) is 45.2 Å². The van der Waals surface area contributed by atoms with Gasteiger partial charge in [-0.25, -0.2) is 4.79 Å². The maximum absolute atomic E-state index is 11.7. The molecule has 0 aliphatic rings. The molecule has 1 atom stereocenters. The SMILES string of the molecule is CC(NC(=O)CCc1ccc(CNC(=O)OC(C)(C)C)cc1)C(=O)O. The second-order valence-electron chi connectivity index (χ2n) is 6.80. The number of amides is 2. The molecule has 1 unspecified atom stereocenters. The number of hydrogen-bond acceptors (Lipinski definition) is 4. The first-order valence-electron chi connectivity index (χ1n) is 8.13. The van der Waals surface area contributed by atoms with E-state index in [4.69, 9.17) is 9.84 Å². The van der Waals surface area contributed by atoms with Crippen molar-refractivity contribution in [3.63, 3.8) is 0 Å². The van der Waals surface area contributed by atoms with Gasteiger partial charge in [0.25, 0.3) is 0 Å². The number of carbonyl (C=O) groups excluding carboxylic acids is 2. The van der Waals surface area contributed by atoms with Crippen LogP contribution in [0.5, 0.6) is 0 Å². The fraction of sp³-hybridized carbons (Fsp3) is 0.500. The molecule has 0 bridgehead atoms. The number of carbonyl (C=O) groups is 3. The molecule has 7 nitrogen and oxygen atoms in total. The molecule has 0 aliphatic carbocycles. The summed E-state index contributed by atoms with van der Waals surface area (Å²) in [6.45, 7) is 7.18. The Hall–Kier alpha value is -2.57.